The zero-order chi connectivity index (χ0) is 17.0. The van der Waals surface area contributed by atoms with Crippen LogP contribution in [0.3, 0.4) is 0 Å². The number of aryl methyl sites for hydroxylation is 2. The monoisotopic (exact) mass is 366 g/mol. The number of rotatable bonds is 7. The van der Waals surface area contributed by atoms with Gasteiger partial charge in [-0.1, -0.05) is 0 Å². The number of aromatic nitrogens is 3. The van der Waals surface area contributed by atoms with Gasteiger partial charge in [0.05, 0.1) is 11.2 Å². The van der Waals surface area contributed by atoms with Gasteiger partial charge in [0.15, 0.2) is 0 Å². The molecule has 0 aliphatic carbocycles. The molecule has 2 aromatic rings. The van der Waals surface area contributed by atoms with Crippen molar-refractivity contribution in [3.63, 3.8) is 0 Å². The molecule has 1 fully saturated rings. The summed E-state index contributed by atoms with van der Waals surface area (Å²) in [7, 11) is -1.45. The zero-order valence-corrected chi connectivity index (χ0v) is 15.4. The van der Waals surface area contributed by atoms with E-state index in [1.165, 1.54) is 11.8 Å². The summed E-state index contributed by atoms with van der Waals surface area (Å²) in [6, 6.07) is 3.47. The van der Waals surface area contributed by atoms with Crippen LogP contribution >= 0.6 is 11.8 Å². The third-order valence-electron chi connectivity index (χ3n) is 4.03. The maximum Gasteiger partial charge on any atom is 0.244 e. The van der Waals surface area contributed by atoms with Crippen LogP contribution in [0.1, 0.15) is 24.8 Å². The standard InChI is InChI=1S/C16H22N4O2S2/c1-19-13-14(11-18-19)5-4-10-23-16-7-6-15(12-17-16)24(21,22)20-8-2-3-9-20/h6-7,11-13H,2-5,8-10H2,1H3. The molecule has 0 atom stereocenters. The van der Waals surface area contributed by atoms with Crippen LogP contribution < -0.4 is 0 Å². The Bertz CT molecular complexity index is 766. The molecule has 0 aromatic carbocycles. The molecule has 6 nitrogen and oxygen atoms in total. The Labute approximate surface area is 147 Å². The molecular weight excluding hydrogens is 344 g/mol. The van der Waals surface area contributed by atoms with Gasteiger partial charge in [-0.15, -0.1) is 11.8 Å². The highest BCUT2D eigenvalue weighted by atomic mass is 32.2. The average molecular weight is 367 g/mol. The molecule has 0 bridgehead atoms. The summed E-state index contributed by atoms with van der Waals surface area (Å²) in [6.07, 6.45) is 9.31. The van der Waals surface area contributed by atoms with Gasteiger partial charge in [-0.3, -0.25) is 4.68 Å². The van der Waals surface area contributed by atoms with E-state index in [0.29, 0.717) is 18.0 Å². The van der Waals surface area contributed by atoms with Gasteiger partial charge in [0.1, 0.15) is 4.90 Å². The van der Waals surface area contributed by atoms with Gasteiger partial charge in [0.2, 0.25) is 10.0 Å². The Hall–Kier alpha value is -1.38. The van der Waals surface area contributed by atoms with Crippen molar-refractivity contribution in [2.45, 2.75) is 35.6 Å². The van der Waals surface area contributed by atoms with Crippen LogP contribution in [-0.4, -0.2) is 46.3 Å². The molecule has 1 aliphatic rings. The topological polar surface area (TPSA) is 68.1 Å². The fourth-order valence-corrected chi connectivity index (χ4v) is 4.99. The van der Waals surface area contributed by atoms with Crippen LogP contribution in [0.25, 0.3) is 0 Å². The first-order valence-electron chi connectivity index (χ1n) is 8.12. The first-order chi connectivity index (χ1) is 11.6. The van der Waals surface area contributed by atoms with E-state index in [1.54, 1.807) is 28.2 Å². The lowest BCUT2D eigenvalue weighted by molar-refractivity contribution is 0.477. The van der Waals surface area contributed by atoms with Crippen LogP contribution in [0.5, 0.6) is 0 Å². The SMILES string of the molecule is Cn1cc(CCCSc2ccc(S(=O)(=O)N3CCCC3)cn2)cn1. The maximum absolute atomic E-state index is 12.4. The third kappa shape index (κ3) is 4.17. The van der Waals surface area contributed by atoms with Crippen LogP contribution in [0.2, 0.25) is 0 Å². The van der Waals surface area contributed by atoms with Crippen molar-refractivity contribution in [2.75, 3.05) is 18.8 Å². The molecule has 0 N–H and O–H groups in total. The predicted octanol–water partition coefficient (Wildman–Crippen LogP) is 2.32. The minimum atomic E-state index is -3.36. The minimum absolute atomic E-state index is 0.295. The number of hydrogen-bond acceptors (Lipinski definition) is 5. The van der Waals surface area contributed by atoms with Crippen molar-refractivity contribution in [2.24, 2.45) is 7.05 Å². The number of pyridine rings is 1. The van der Waals surface area contributed by atoms with Crippen molar-refractivity contribution < 1.29 is 8.42 Å². The second-order valence-corrected chi connectivity index (χ2v) is 8.97. The largest absolute Gasteiger partial charge is 0.276 e. The molecular formula is C16H22N4O2S2. The minimum Gasteiger partial charge on any atom is -0.276 e. The van der Waals surface area contributed by atoms with Crippen molar-refractivity contribution >= 4 is 21.8 Å². The van der Waals surface area contributed by atoms with Gasteiger partial charge in [-0.25, -0.2) is 13.4 Å². The van der Waals surface area contributed by atoms with Crippen LogP contribution in [0.4, 0.5) is 0 Å². The van der Waals surface area contributed by atoms with E-state index in [2.05, 4.69) is 10.1 Å². The second-order valence-electron chi connectivity index (χ2n) is 5.92. The van der Waals surface area contributed by atoms with Crippen molar-refractivity contribution in [3.8, 4) is 0 Å². The summed E-state index contributed by atoms with van der Waals surface area (Å²) in [5, 5.41) is 5.02. The van der Waals surface area contributed by atoms with Gasteiger partial charge < -0.3 is 0 Å². The van der Waals surface area contributed by atoms with E-state index in [9.17, 15) is 8.42 Å². The Kier molecular flexibility index (Phi) is 5.57. The normalized spacial score (nSPS) is 15.9. The predicted molar refractivity (Wildman–Crippen MR) is 94.5 cm³/mol. The van der Waals surface area contributed by atoms with Gasteiger partial charge in [-0.05, 0) is 49.1 Å². The molecule has 0 saturated carbocycles. The number of sulfonamides is 1. The van der Waals surface area contributed by atoms with E-state index < -0.39 is 10.0 Å². The highest BCUT2D eigenvalue weighted by Gasteiger charge is 2.27. The lowest BCUT2D eigenvalue weighted by Gasteiger charge is -2.15. The molecule has 24 heavy (non-hydrogen) atoms. The van der Waals surface area contributed by atoms with Crippen molar-refractivity contribution in [1.82, 2.24) is 19.1 Å². The first kappa shape index (κ1) is 17.4. The molecule has 3 rings (SSSR count). The molecule has 1 saturated heterocycles. The molecule has 0 amide bonds. The Balaban J connectivity index is 1.51. The first-order valence-corrected chi connectivity index (χ1v) is 10.5. The summed E-state index contributed by atoms with van der Waals surface area (Å²) < 4.78 is 28.2. The van der Waals surface area contributed by atoms with Crippen molar-refractivity contribution in [1.29, 1.82) is 0 Å². The van der Waals surface area contributed by atoms with Gasteiger partial charge in [0, 0.05) is 32.5 Å². The van der Waals surface area contributed by atoms with Gasteiger partial charge >= 0.3 is 0 Å². The summed E-state index contributed by atoms with van der Waals surface area (Å²) >= 11 is 1.65. The van der Waals surface area contributed by atoms with E-state index in [1.807, 2.05) is 24.1 Å². The van der Waals surface area contributed by atoms with E-state index >= 15 is 0 Å². The highest BCUT2D eigenvalue weighted by Crippen LogP contribution is 2.23. The second kappa shape index (κ2) is 7.67. The molecule has 2 aromatic heterocycles. The third-order valence-corrected chi connectivity index (χ3v) is 6.94. The number of nitrogens with zero attached hydrogens (tertiary/aromatic N) is 4. The fraction of sp³-hybridized carbons (Fsp3) is 0.500. The molecule has 1 aliphatic heterocycles. The molecule has 130 valence electrons. The van der Waals surface area contributed by atoms with Crippen LogP contribution in [0, 0.1) is 0 Å². The molecule has 3 heterocycles. The van der Waals surface area contributed by atoms with E-state index in [-0.39, 0.29) is 0 Å². The van der Waals surface area contributed by atoms with E-state index in [4.69, 9.17) is 0 Å². The van der Waals surface area contributed by atoms with Crippen LogP contribution in [-0.2, 0) is 23.5 Å². The maximum atomic E-state index is 12.4. The van der Waals surface area contributed by atoms with Crippen molar-refractivity contribution in [3.05, 3.63) is 36.3 Å². The molecule has 8 heteroatoms. The Morgan fingerprint density at radius 2 is 2.00 bits per heavy atom. The van der Waals surface area contributed by atoms with Crippen LogP contribution in [0.15, 0.2) is 40.6 Å². The molecule has 0 radical (unpaired) electrons. The Morgan fingerprint density at radius 3 is 2.62 bits per heavy atom. The average Bonchev–Trinajstić information content (AvgIpc) is 3.24. The summed E-state index contributed by atoms with van der Waals surface area (Å²) in [5.74, 6) is 0.945. The summed E-state index contributed by atoms with van der Waals surface area (Å²) in [4.78, 5) is 4.60. The smallest absolute Gasteiger partial charge is 0.244 e. The quantitative estimate of drug-likeness (QED) is 0.556. The highest BCUT2D eigenvalue weighted by molar-refractivity contribution is 7.99. The van der Waals surface area contributed by atoms with Gasteiger partial charge in [-0.2, -0.15) is 9.40 Å². The Morgan fingerprint density at radius 1 is 1.21 bits per heavy atom. The summed E-state index contributed by atoms with van der Waals surface area (Å²) in [6.45, 7) is 1.24. The van der Waals surface area contributed by atoms with E-state index in [0.717, 1.165) is 36.5 Å². The molecule has 0 unspecified atom stereocenters. The number of hydrogen-bond donors (Lipinski definition) is 0. The number of thioether (sulfide) groups is 1. The lowest BCUT2D eigenvalue weighted by Crippen LogP contribution is -2.27. The van der Waals surface area contributed by atoms with Gasteiger partial charge in [0.25, 0.3) is 0 Å². The lowest BCUT2D eigenvalue weighted by atomic mass is 10.2. The zero-order valence-electron chi connectivity index (χ0n) is 13.8. The molecule has 0 spiro atoms. The summed E-state index contributed by atoms with van der Waals surface area (Å²) in [5.41, 5.74) is 1.23. The fourth-order valence-electron chi connectivity index (χ4n) is 2.74.